The summed E-state index contributed by atoms with van der Waals surface area (Å²) >= 11 is 1.39. The molecule has 3 rings (SSSR count). The Morgan fingerprint density at radius 2 is 1.75 bits per heavy atom. The van der Waals surface area contributed by atoms with E-state index in [1.165, 1.54) is 11.8 Å². The maximum atomic E-state index is 5.75. The van der Waals surface area contributed by atoms with E-state index in [1.54, 1.807) is 12.4 Å². The van der Waals surface area contributed by atoms with E-state index in [0.29, 0.717) is 5.22 Å². The molecule has 2 aromatic heterocycles. The van der Waals surface area contributed by atoms with Gasteiger partial charge in [-0.2, -0.15) is 0 Å². The number of hydrogen-bond acceptors (Lipinski definition) is 5. The molecule has 0 atom stereocenters. The Kier molecular flexibility index (Phi) is 3.22. The fourth-order valence-corrected chi connectivity index (χ4v) is 2.40. The van der Waals surface area contributed by atoms with Crippen LogP contribution in [0.4, 0.5) is 0 Å². The topological polar surface area (TPSA) is 51.8 Å². The normalized spacial score (nSPS) is 11.9. The molecule has 102 valence electrons. The molecule has 0 saturated heterocycles. The maximum absolute atomic E-state index is 5.75. The zero-order valence-electron chi connectivity index (χ0n) is 11.6. The number of oxazole rings is 1. The van der Waals surface area contributed by atoms with Crippen LogP contribution in [-0.4, -0.2) is 15.0 Å². The Balaban J connectivity index is 1.87. The van der Waals surface area contributed by atoms with Crippen molar-refractivity contribution in [2.24, 2.45) is 0 Å². The number of para-hydroxylation sites is 2. The van der Waals surface area contributed by atoms with E-state index < -0.39 is 0 Å². The molecule has 0 aliphatic rings. The molecular weight excluding hydrogens is 270 g/mol. The third-order valence-corrected chi connectivity index (χ3v) is 3.61. The second-order valence-electron chi connectivity index (χ2n) is 5.54. The van der Waals surface area contributed by atoms with Crippen LogP contribution in [0, 0.1) is 0 Å². The molecule has 0 amide bonds. The molecule has 0 aliphatic heterocycles. The third-order valence-electron chi connectivity index (χ3n) is 2.84. The van der Waals surface area contributed by atoms with Gasteiger partial charge < -0.3 is 4.42 Å². The molecule has 0 spiro atoms. The SMILES string of the molecule is CC(C)(C)c1cnc(Sc2cnc3ccccc3n2)o1. The second kappa shape index (κ2) is 4.90. The van der Waals surface area contributed by atoms with Gasteiger partial charge in [-0.15, -0.1) is 0 Å². The minimum Gasteiger partial charge on any atom is -0.436 e. The summed E-state index contributed by atoms with van der Waals surface area (Å²) in [5, 5.41) is 1.38. The minimum absolute atomic E-state index is 0.0408. The van der Waals surface area contributed by atoms with Crippen LogP contribution in [-0.2, 0) is 5.41 Å². The van der Waals surface area contributed by atoms with Gasteiger partial charge in [-0.3, -0.25) is 4.98 Å². The molecule has 3 aromatic rings. The molecule has 1 aromatic carbocycles. The minimum atomic E-state index is -0.0408. The summed E-state index contributed by atoms with van der Waals surface area (Å²) in [5.41, 5.74) is 1.72. The maximum Gasteiger partial charge on any atom is 0.262 e. The van der Waals surface area contributed by atoms with Crippen molar-refractivity contribution in [1.82, 2.24) is 15.0 Å². The first-order chi connectivity index (χ1) is 9.52. The predicted octanol–water partition coefficient (Wildman–Crippen LogP) is 4.07. The van der Waals surface area contributed by atoms with Gasteiger partial charge in [-0.1, -0.05) is 32.9 Å². The van der Waals surface area contributed by atoms with Gasteiger partial charge in [-0.05, 0) is 23.9 Å². The van der Waals surface area contributed by atoms with E-state index in [4.69, 9.17) is 4.42 Å². The zero-order chi connectivity index (χ0) is 14.2. The summed E-state index contributed by atoms with van der Waals surface area (Å²) in [6, 6.07) is 7.80. The molecule has 20 heavy (non-hydrogen) atoms. The smallest absolute Gasteiger partial charge is 0.262 e. The highest BCUT2D eigenvalue weighted by Crippen LogP contribution is 2.30. The molecule has 0 radical (unpaired) electrons. The number of aromatic nitrogens is 3. The second-order valence-corrected chi connectivity index (χ2v) is 6.51. The van der Waals surface area contributed by atoms with E-state index in [1.807, 2.05) is 24.3 Å². The van der Waals surface area contributed by atoms with Gasteiger partial charge >= 0.3 is 0 Å². The van der Waals surface area contributed by atoms with Crippen LogP contribution in [0.1, 0.15) is 26.5 Å². The molecule has 0 aliphatic carbocycles. The lowest BCUT2D eigenvalue weighted by molar-refractivity contribution is 0.355. The van der Waals surface area contributed by atoms with Gasteiger partial charge in [0.2, 0.25) is 0 Å². The highest BCUT2D eigenvalue weighted by molar-refractivity contribution is 7.99. The molecule has 0 bridgehead atoms. The van der Waals surface area contributed by atoms with Crippen molar-refractivity contribution in [1.29, 1.82) is 0 Å². The van der Waals surface area contributed by atoms with Crippen LogP contribution in [0.15, 0.2) is 51.3 Å². The average molecular weight is 285 g/mol. The van der Waals surface area contributed by atoms with Crippen molar-refractivity contribution >= 4 is 22.8 Å². The average Bonchev–Trinajstić information content (AvgIpc) is 2.87. The van der Waals surface area contributed by atoms with Gasteiger partial charge in [0.15, 0.2) is 0 Å². The van der Waals surface area contributed by atoms with Crippen LogP contribution in [0.2, 0.25) is 0 Å². The summed E-state index contributed by atoms with van der Waals surface area (Å²) in [6.07, 6.45) is 3.52. The fraction of sp³-hybridized carbons (Fsp3) is 0.267. The van der Waals surface area contributed by atoms with Gasteiger partial charge in [0.1, 0.15) is 10.8 Å². The standard InChI is InChI=1S/C15H15N3OS/c1-15(2,3)12-8-17-14(19-12)20-13-9-16-10-6-4-5-7-11(10)18-13/h4-9H,1-3H3. The monoisotopic (exact) mass is 285 g/mol. The lowest BCUT2D eigenvalue weighted by Gasteiger charge is -2.12. The van der Waals surface area contributed by atoms with Crippen molar-refractivity contribution in [3.8, 4) is 0 Å². The van der Waals surface area contributed by atoms with Crippen LogP contribution >= 0.6 is 11.8 Å². The first kappa shape index (κ1) is 13.1. The lowest BCUT2D eigenvalue weighted by atomic mass is 9.94. The van der Waals surface area contributed by atoms with Crippen LogP contribution in [0.3, 0.4) is 0 Å². The number of benzene rings is 1. The van der Waals surface area contributed by atoms with E-state index in [2.05, 4.69) is 35.7 Å². The van der Waals surface area contributed by atoms with E-state index in [0.717, 1.165) is 21.8 Å². The molecule has 0 saturated carbocycles. The zero-order valence-corrected chi connectivity index (χ0v) is 12.4. The summed E-state index contributed by atoms with van der Waals surface area (Å²) < 4.78 is 5.75. The van der Waals surface area contributed by atoms with Crippen LogP contribution in [0.5, 0.6) is 0 Å². The van der Waals surface area contributed by atoms with Gasteiger partial charge in [0.05, 0.1) is 23.4 Å². The Bertz CT molecular complexity index is 746. The first-order valence-electron chi connectivity index (χ1n) is 6.38. The molecular formula is C15H15N3OS. The molecule has 0 unspecified atom stereocenters. The van der Waals surface area contributed by atoms with E-state index in [-0.39, 0.29) is 5.41 Å². The highest BCUT2D eigenvalue weighted by Gasteiger charge is 2.19. The highest BCUT2D eigenvalue weighted by atomic mass is 32.2. The van der Waals surface area contributed by atoms with Crippen molar-refractivity contribution in [2.45, 2.75) is 36.4 Å². The Morgan fingerprint density at radius 1 is 1.00 bits per heavy atom. The fourth-order valence-electron chi connectivity index (χ4n) is 1.73. The molecule has 5 heteroatoms. The van der Waals surface area contributed by atoms with Crippen LogP contribution in [0.25, 0.3) is 11.0 Å². The molecule has 4 nitrogen and oxygen atoms in total. The summed E-state index contributed by atoms with van der Waals surface area (Å²) in [7, 11) is 0. The van der Waals surface area contributed by atoms with Crippen molar-refractivity contribution in [3.63, 3.8) is 0 Å². The largest absolute Gasteiger partial charge is 0.436 e. The summed E-state index contributed by atoms with van der Waals surface area (Å²) in [5.74, 6) is 0.869. The van der Waals surface area contributed by atoms with Gasteiger partial charge in [0, 0.05) is 5.41 Å². The lowest BCUT2D eigenvalue weighted by Crippen LogP contribution is -2.09. The summed E-state index contributed by atoms with van der Waals surface area (Å²) in [6.45, 7) is 6.29. The summed E-state index contributed by atoms with van der Waals surface area (Å²) in [4.78, 5) is 13.2. The van der Waals surface area contributed by atoms with Crippen molar-refractivity contribution < 1.29 is 4.42 Å². The number of nitrogens with zero attached hydrogens (tertiary/aromatic N) is 3. The number of fused-ring (bicyclic) bond motifs is 1. The first-order valence-corrected chi connectivity index (χ1v) is 7.20. The van der Waals surface area contributed by atoms with Gasteiger partial charge in [0.25, 0.3) is 5.22 Å². The Hall–Kier alpha value is -1.88. The van der Waals surface area contributed by atoms with Crippen molar-refractivity contribution in [2.75, 3.05) is 0 Å². The Morgan fingerprint density at radius 3 is 2.45 bits per heavy atom. The van der Waals surface area contributed by atoms with Gasteiger partial charge in [-0.25, -0.2) is 9.97 Å². The van der Waals surface area contributed by atoms with E-state index >= 15 is 0 Å². The third kappa shape index (κ3) is 2.67. The van der Waals surface area contributed by atoms with Crippen molar-refractivity contribution in [3.05, 3.63) is 42.4 Å². The van der Waals surface area contributed by atoms with E-state index in [9.17, 15) is 0 Å². The van der Waals surface area contributed by atoms with Crippen LogP contribution < -0.4 is 0 Å². The molecule has 2 heterocycles. The number of rotatable bonds is 2. The number of hydrogen-bond donors (Lipinski definition) is 0. The molecule has 0 N–H and O–H groups in total. The Labute approximate surface area is 121 Å². The molecule has 0 fully saturated rings. The quantitative estimate of drug-likeness (QED) is 0.710. The predicted molar refractivity (Wildman–Crippen MR) is 78.9 cm³/mol.